The minimum atomic E-state index is -0.639. The molecular weight excluding hydrogens is 332 g/mol. The van der Waals surface area contributed by atoms with Gasteiger partial charge in [-0.2, -0.15) is 0 Å². The number of para-hydroxylation sites is 1. The predicted octanol–water partition coefficient (Wildman–Crippen LogP) is 3.44. The van der Waals surface area contributed by atoms with E-state index in [0.29, 0.717) is 11.6 Å². The number of nitrogens with one attached hydrogen (secondary N) is 2. The van der Waals surface area contributed by atoms with Crippen molar-refractivity contribution in [2.24, 2.45) is 5.92 Å². The van der Waals surface area contributed by atoms with Gasteiger partial charge >= 0.3 is 5.97 Å². The van der Waals surface area contributed by atoms with Gasteiger partial charge in [0.05, 0.1) is 11.3 Å². The van der Waals surface area contributed by atoms with Crippen molar-refractivity contribution in [3.63, 3.8) is 0 Å². The minimum Gasteiger partial charge on any atom is -0.452 e. The summed E-state index contributed by atoms with van der Waals surface area (Å²) < 4.78 is 5.11. The number of carbonyl (C=O) groups excluding carboxylic acids is 3. The van der Waals surface area contributed by atoms with Crippen molar-refractivity contribution in [3.8, 4) is 0 Å². The molecule has 0 fully saturated rings. The van der Waals surface area contributed by atoms with Crippen LogP contribution in [0.3, 0.4) is 0 Å². The summed E-state index contributed by atoms with van der Waals surface area (Å²) in [6.45, 7) is 9.09. The zero-order valence-electron chi connectivity index (χ0n) is 16.3. The van der Waals surface area contributed by atoms with Crippen LogP contribution < -0.4 is 10.6 Å². The molecule has 2 amide bonds. The van der Waals surface area contributed by atoms with E-state index in [1.807, 2.05) is 6.92 Å². The molecule has 0 saturated heterocycles. The highest BCUT2D eigenvalue weighted by atomic mass is 16.5. The van der Waals surface area contributed by atoms with Gasteiger partial charge in [0, 0.05) is 13.0 Å². The van der Waals surface area contributed by atoms with Crippen molar-refractivity contribution in [2.75, 3.05) is 11.9 Å². The van der Waals surface area contributed by atoms with Crippen molar-refractivity contribution in [2.45, 2.75) is 59.9 Å². The van der Waals surface area contributed by atoms with E-state index in [1.54, 1.807) is 25.1 Å². The lowest BCUT2D eigenvalue weighted by molar-refractivity contribution is -0.124. The molecule has 6 heteroatoms. The number of aryl methyl sites for hydroxylation is 1. The van der Waals surface area contributed by atoms with Gasteiger partial charge in [-0.25, -0.2) is 4.79 Å². The van der Waals surface area contributed by atoms with E-state index in [0.717, 1.165) is 24.8 Å². The largest absolute Gasteiger partial charge is 0.452 e. The smallest absolute Gasteiger partial charge is 0.340 e. The van der Waals surface area contributed by atoms with E-state index in [4.69, 9.17) is 4.74 Å². The van der Waals surface area contributed by atoms with Crippen molar-refractivity contribution < 1.29 is 19.1 Å². The average Bonchev–Trinajstić information content (AvgIpc) is 2.53. The van der Waals surface area contributed by atoms with Crippen LogP contribution in [0.25, 0.3) is 0 Å². The molecule has 26 heavy (non-hydrogen) atoms. The van der Waals surface area contributed by atoms with E-state index < -0.39 is 5.97 Å². The molecule has 1 atom stereocenters. The number of esters is 1. The van der Waals surface area contributed by atoms with Crippen LogP contribution in [0.5, 0.6) is 0 Å². The number of carbonyl (C=O) groups is 3. The second kappa shape index (κ2) is 10.6. The first kappa shape index (κ1) is 21.7. The highest BCUT2D eigenvalue weighted by Gasteiger charge is 2.17. The zero-order chi connectivity index (χ0) is 19.7. The Labute approximate surface area is 155 Å². The Balaban J connectivity index is 2.55. The topological polar surface area (TPSA) is 84.5 Å². The first-order valence-corrected chi connectivity index (χ1v) is 9.04. The molecule has 0 aliphatic rings. The van der Waals surface area contributed by atoms with Gasteiger partial charge in [0.15, 0.2) is 6.61 Å². The molecule has 0 spiro atoms. The number of ether oxygens (including phenoxy) is 1. The first-order valence-electron chi connectivity index (χ1n) is 9.04. The monoisotopic (exact) mass is 362 g/mol. The van der Waals surface area contributed by atoms with Crippen LogP contribution in [0.4, 0.5) is 5.69 Å². The van der Waals surface area contributed by atoms with Gasteiger partial charge in [-0.3, -0.25) is 9.59 Å². The second-order valence-electron chi connectivity index (χ2n) is 7.05. The van der Waals surface area contributed by atoms with Crippen molar-refractivity contribution in [1.82, 2.24) is 5.32 Å². The second-order valence-corrected chi connectivity index (χ2v) is 7.05. The lowest BCUT2D eigenvalue weighted by Crippen LogP contribution is -2.36. The molecule has 0 aliphatic carbocycles. The summed E-state index contributed by atoms with van der Waals surface area (Å²) in [4.78, 5) is 35.6. The highest BCUT2D eigenvalue weighted by molar-refractivity contribution is 6.02. The summed E-state index contributed by atoms with van der Waals surface area (Å²) in [5.74, 6) is -0.600. The molecule has 1 unspecified atom stereocenters. The van der Waals surface area contributed by atoms with Crippen molar-refractivity contribution in [3.05, 3.63) is 29.3 Å². The molecule has 0 saturated carbocycles. The molecule has 0 aromatic heterocycles. The van der Waals surface area contributed by atoms with E-state index in [1.165, 1.54) is 6.92 Å². The molecule has 144 valence electrons. The summed E-state index contributed by atoms with van der Waals surface area (Å²) in [6.07, 6.45) is 3.05. The van der Waals surface area contributed by atoms with E-state index in [9.17, 15) is 14.4 Å². The van der Waals surface area contributed by atoms with Gasteiger partial charge in [0.1, 0.15) is 0 Å². The van der Waals surface area contributed by atoms with Crippen LogP contribution in [0.2, 0.25) is 0 Å². The fourth-order valence-corrected chi connectivity index (χ4v) is 2.61. The van der Waals surface area contributed by atoms with Gasteiger partial charge in [0.2, 0.25) is 5.91 Å². The van der Waals surface area contributed by atoms with Gasteiger partial charge in [-0.05, 0) is 37.8 Å². The third-order valence-corrected chi connectivity index (χ3v) is 3.95. The van der Waals surface area contributed by atoms with Crippen LogP contribution in [-0.4, -0.2) is 30.4 Å². The van der Waals surface area contributed by atoms with Gasteiger partial charge in [0.25, 0.3) is 5.91 Å². The molecule has 2 N–H and O–H groups in total. The van der Waals surface area contributed by atoms with Crippen molar-refractivity contribution in [1.29, 1.82) is 0 Å². The fraction of sp³-hybridized carbons (Fsp3) is 0.550. The Hall–Kier alpha value is -2.37. The Morgan fingerprint density at radius 1 is 1.12 bits per heavy atom. The van der Waals surface area contributed by atoms with E-state index >= 15 is 0 Å². The average molecular weight is 362 g/mol. The minimum absolute atomic E-state index is 0.0360. The van der Waals surface area contributed by atoms with Crippen LogP contribution >= 0.6 is 0 Å². The van der Waals surface area contributed by atoms with Gasteiger partial charge in [-0.15, -0.1) is 0 Å². The molecule has 1 rings (SSSR count). The summed E-state index contributed by atoms with van der Waals surface area (Å²) in [5, 5.41) is 5.47. The fourth-order valence-electron chi connectivity index (χ4n) is 2.61. The maximum atomic E-state index is 12.3. The lowest BCUT2D eigenvalue weighted by Gasteiger charge is -2.15. The Morgan fingerprint density at radius 2 is 1.81 bits per heavy atom. The molecule has 6 nitrogen and oxygen atoms in total. The maximum Gasteiger partial charge on any atom is 0.340 e. The van der Waals surface area contributed by atoms with Crippen LogP contribution in [0.1, 0.15) is 62.9 Å². The standard InChI is InChI=1S/C20H30N2O4/c1-13(2)8-6-10-15(4)21-18(24)12-26-20(25)17-11-7-9-14(3)19(17)22-16(5)23/h7,9,11,13,15H,6,8,10,12H2,1-5H3,(H,21,24)(H,22,23). The Kier molecular flexibility index (Phi) is 8.82. The van der Waals surface area contributed by atoms with Crippen molar-refractivity contribution >= 4 is 23.5 Å². The van der Waals surface area contributed by atoms with Crippen LogP contribution in [0, 0.1) is 12.8 Å². The van der Waals surface area contributed by atoms with E-state index in [2.05, 4.69) is 24.5 Å². The Morgan fingerprint density at radius 3 is 2.42 bits per heavy atom. The molecule has 1 aromatic rings. The number of anilines is 1. The Bertz CT molecular complexity index is 641. The van der Waals surface area contributed by atoms with Gasteiger partial charge < -0.3 is 15.4 Å². The van der Waals surface area contributed by atoms with Crippen LogP contribution in [-0.2, 0) is 14.3 Å². The summed E-state index contributed by atoms with van der Waals surface area (Å²) in [5.41, 5.74) is 1.39. The maximum absolute atomic E-state index is 12.3. The highest BCUT2D eigenvalue weighted by Crippen LogP contribution is 2.21. The van der Waals surface area contributed by atoms with Crippen LogP contribution in [0.15, 0.2) is 18.2 Å². The third kappa shape index (κ3) is 7.68. The molecule has 0 radical (unpaired) electrons. The molecule has 0 heterocycles. The SMILES string of the molecule is CC(=O)Nc1c(C)cccc1C(=O)OCC(=O)NC(C)CCCC(C)C. The molecule has 1 aromatic carbocycles. The number of rotatable bonds is 9. The molecule has 0 bridgehead atoms. The normalized spacial score (nSPS) is 11.8. The third-order valence-electron chi connectivity index (χ3n) is 3.95. The number of hydrogen-bond donors (Lipinski definition) is 2. The summed E-state index contributed by atoms with van der Waals surface area (Å²) >= 11 is 0. The lowest BCUT2D eigenvalue weighted by atomic mass is 10.0. The summed E-state index contributed by atoms with van der Waals surface area (Å²) in [7, 11) is 0. The number of amides is 2. The van der Waals surface area contributed by atoms with Gasteiger partial charge in [-0.1, -0.05) is 38.8 Å². The quantitative estimate of drug-likeness (QED) is 0.659. The predicted molar refractivity (Wildman–Crippen MR) is 102 cm³/mol. The molecule has 0 aliphatic heterocycles. The summed E-state index contributed by atoms with van der Waals surface area (Å²) in [6, 6.07) is 5.09. The zero-order valence-corrected chi connectivity index (χ0v) is 16.3. The van der Waals surface area contributed by atoms with E-state index in [-0.39, 0.29) is 30.0 Å². The molecular formula is C20H30N2O4. The number of benzene rings is 1. The first-order chi connectivity index (χ1) is 12.2. The number of hydrogen-bond acceptors (Lipinski definition) is 4.